The van der Waals surface area contributed by atoms with E-state index in [1.54, 1.807) is 12.1 Å². The average molecular weight is 347 g/mol. The van der Waals surface area contributed by atoms with Crippen molar-refractivity contribution in [3.63, 3.8) is 0 Å². The number of hydrogen-bond donors (Lipinski definition) is 1. The lowest BCUT2D eigenvalue weighted by Crippen LogP contribution is -2.41. The summed E-state index contributed by atoms with van der Waals surface area (Å²) in [5, 5.41) is 3.21. The van der Waals surface area contributed by atoms with Crippen molar-refractivity contribution in [1.82, 2.24) is 9.29 Å². The first-order valence-corrected chi connectivity index (χ1v) is 9.49. The highest BCUT2D eigenvalue weighted by Crippen LogP contribution is 2.23. The molecule has 6 heteroatoms. The molecule has 0 atom stereocenters. The molecule has 2 aromatic rings. The quantitative estimate of drug-likeness (QED) is 0.860. The molecule has 0 saturated heterocycles. The van der Waals surface area contributed by atoms with Crippen LogP contribution in [0.4, 0.5) is 11.5 Å². The molecule has 0 spiro atoms. The second kappa shape index (κ2) is 7.32. The summed E-state index contributed by atoms with van der Waals surface area (Å²) in [5.41, 5.74) is 2.05. The van der Waals surface area contributed by atoms with Crippen LogP contribution in [0.1, 0.15) is 33.3 Å². The summed E-state index contributed by atoms with van der Waals surface area (Å²) in [6.07, 6.45) is 1.41. The summed E-state index contributed by atoms with van der Waals surface area (Å²) in [7, 11) is -3.55. The molecule has 0 amide bonds. The van der Waals surface area contributed by atoms with Crippen molar-refractivity contribution in [3.8, 4) is 0 Å². The first-order chi connectivity index (χ1) is 11.2. The van der Waals surface area contributed by atoms with Gasteiger partial charge in [0.05, 0.1) is 0 Å². The first kappa shape index (κ1) is 18.4. The molecule has 0 aliphatic rings. The minimum Gasteiger partial charge on any atom is -0.340 e. The molecular weight excluding hydrogens is 322 g/mol. The maximum absolute atomic E-state index is 12.8. The van der Waals surface area contributed by atoms with Crippen LogP contribution in [0, 0.1) is 6.92 Å². The van der Waals surface area contributed by atoms with Crippen LogP contribution in [0.25, 0.3) is 0 Å². The smallest absolute Gasteiger partial charge is 0.245 e. The highest BCUT2D eigenvalue weighted by atomic mass is 32.2. The molecule has 0 aliphatic heterocycles. The van der Waals surface area contributed by atoms with Gasteiger partial charge in [-0.3, -0.25) is 0 Å². The fourth-order valence-corrected chi connectivity index (χ4v) is 4.51. The van der Waals surface area contributed by atoms with E-state index in [2.05, 4.69) is 10.3 Å². The van der Waals surface area contributed by atoms with Crippen LogP contribution in [-0.4, -0.2) is 29.8 Å². The molecule has 2 rings (SSSR count). The van der Waals surface area contributed by atoms with Crippen LogP contribution in [-0.2, 0) is 10.0 Å². The van der Waals surface area contributed by atoms with Crippen LogP contribution < -0.4 is 5.32 Å². The lowest BCUT2D eigenvalue weighted by Gasteiger charge is -2.29. The molecule has 0 fully saturated rings. The van der Waals surface area contributed by atoms with E-state index in [9.17, 15) is 8.42 Å². The van der Waals surface area contributed by atoms with Gasteiger partial charge >= 0.3 is 0 Å². The van der Waals surface area contributed by atoms with E-state index in [0.717, 1.165) is 11.3 Å². The molecule has 0 bridgehead atoms. The van der Waals surface area contributed by atoms with Crippen molar-refractivity contribution < 1.29 is 8.42 Å². The third kappa shape index (κ3) is 3.94. The summed E-state index contributed by atoms with van der Waals surface area (Å²) in [4.78, 5) is 4.47. The first-order valence-electron chi connectivity index (χ1n) is 8.05. The summed E-state index contributed by atoms with van der Waals surface area (Å²) in [6, 6.07) is 10.9. The molecule has 1 heterocycles. The van der Waals surface area contributed by atoms with Gasteiger partial charge in [0.2, 0.25) is 10.0 Å². The van der Waals surface area contributed by atoms with Gasteiger partial charge in [-0.05, 0) is 58.4 Å². The molecular formula is C18H25N3O2S. The van der Waals surface area contributed by atoms with Crippen LogP contribution in [0.15, 0.2) is 47.5 Å². The maximum Gasteiger partial charge on any atom is 0.245 e. The number of nitrogens with zero attached hydrogens (tertiary/aromatic N) is 2. The number of rotatable bonds is 6. The molecule has 130 valence electrons. The Morgan fingerprint density at radius 3 is 2.12 bits per heavy atom. The zero-order valence-electron chi connectivity index (χ0n) is 14.8. The van der Waals surface area contributed by atoms with Gasteiger partial charge in [-0.15, -0.1) is 0 Å². The monoisotopic (exact) mass is 347 g/mol. The predicted molar refractivity (Wildman–Crippen MR) is 98.0 cm³/mol. The molecule has 0 unspecified atom stereocenters. The van der Waals surface area contributed by atoms with Gasteiger partial charge in [0.25, 0.3) is 0 Å². The van der Waals surface area contributed by atoms with Crippen molar-refractivity contribution in [3.05, 3.63) is 48.2 Å². The number of anilines is 2. The number of aromatic nitrogens is 1. The normalized spacial score (nSPS) is 12.2. The lowest BCUT2D eigenvalue weighted by molar-refractivity contribution is 0.302. The van der Waals surface area contributed by atoms with Crippen LogP contribution in [0.3, 0.4) is 0 Å². The van der Waals surface area contributed by atoms with E-state index in [4.69, 9.17) is 0 Å². The second-order valence-electron chi connectivity index (χ2n) is 6.34. The summed E-state index contributed by atoms with van der Waals surface area (Å²) in [6.45, 7) is 9.50. The van der Waals surface area contributed by atoms with Crippen LogP contribution in [0.5, 0.6) is 0 Å². The minimum absolute atomic E-state index is 0.111. The standard InChI is InChI=1S/C18H25N3O2S/c1-13(2)21(14(3)4)24(22,23)16-10-11-18(19-12-16)20-17-9-7-6-8-15(17)5/h6-14H,1-5H3,(H,19,20). The number of benzene rings is 1. The van der Waals surface area contributed by atoms with Gasteiger partial charge in [-0.2, -0.15) is 4.31 Å². The van der Waals surface area contributed by atoms with Gasteiger partial charge in [-0.1, -0.05) is 18.2 Å². The topological polar surface area (TPSA) is 62.3 Å². The Balaban J connectivity index is 2.27. The highest BCUT2D eigenvalue weighted by Gasteiger charge is 2.29. The van der Waals surface area contributed by atoms with Gasteiger partial charge < -0.3 is 5.32 Å². The molecule has 0 saturated carbocycles. The molecule has 1 N–H and O–H groups in total. The summed E-state index contributed by atoms with van der Waals surface area (Å²) < 4.78 is 27.1. The largest absolute Gasteiger partial charge is 0.340 e. The van der Waals surface area contributed by atoms with E-state index in [1.807, 2.05) is 58.9 Å². The van der Waals surface area contributed by atoms with Crippen molar-refractivity contribution in [2.45, 2.75) is 51.6 Å². The zero-order chi connectivity index (χ0) is 17.9. The number of aryl methyl sites for hydroxylation is 1. The highest BCUT2D eigenvalue weighted by molar-refractivity contribution is 7.89. The van der Waals surface area contributed by atoms with E-state index >= 15 is 0 Å². The van der Waals surface area contributed by atoms with E-state index in [-0.39, 0.29) is 17.0 Å². The van der Waals surface area contributed by atoms with Gasteiger partial charge in [0.15, 0.2) is 0 Å². The Labute approximate surface area is 144 Å². The van der Waals surface area contributed by atoms with Gasteiger partial charge in [-0.25, -0.2) is 13.4 Å². The molecule has 5 nitrogen and oxygen atoms in total. The van der Waals surface area contributed by atoms with Crippen LogP contribution >= 0.6 is 0 Å². The third-order valence-corrected chi connectivity index (χ3v) is 5.97. The Morgan fingerprint density at radius 1 is 1.00 bits per heavy atom. The summed E-state index contributed by atoms with van der Waals surface area (Å²) >= 11 is 0. The van der Waals surface area contributed by atoms with Gasteiger partial charge in [0, 0.05) is 24.0 Å². The minimum atomic E-state index is -3.55. The predicted octanol–water partition coefficient (Wildman–Crippen LogP) is 3.94. The number of nitrogens with one attached hydrogen (secondary N) is 1. The Morgan fingerprint density at radius 2 is 1.62 bits per heavy atom. The second-order valence-corrected chi connectivity index (χ2v) is 8.18. The molecule has 24 heavy (non-hydrogen) atoms. The van der Waals surface area contributed by atoms with Crippen molar-refractivity contribution in [2.75, 3.05) is 5.32 Å². The number of para-hydroxylation sites is 1. The fraction of sp³-hybridized carbons (Fsp3) is 0.389. The lowest BCUT2D eigenvalue weighted by atomic mass is 10.2. The average Bonchev–Trinajstić information content (AvgIpc) is 2.49. The third-order valence-electron chi connectivity index (χ3n) is 3.74. The molecule has 1 aromatic carbocycles. The van der Waals surface area contributed by atoms with Crippen molar-refractivity contribution in [2.24, 2.45) is 0 Å². The number of hydrogen-bond acceptors (Lipinski definition) is 4. The van der Waals surface area contributed by atoms with Crippen LogP contribution in [0.2, 0.25) is 0 Å². The Kier molecular flexibility index (Phi) is 5.62. The number of sulfonamides is 1. The van der Waals surface area contributed by atoms with Gasteiger partial charge in [0.1, 0.15) is 10.7 Å². The molecule has 1 aromatic heterocycles. The molecule has 0 aliphatic carbocycles. The number of pyridine rings is 1. The maximum atomic E-state index is 12.8. The van der Waals surface area contributed by atoms with Crippen molar-refractivity contribution >= 4 is 21.5 Å². The Bertz CT molecular complexity index is 776. The van der Waals surface area contributed by atoms with E-state index < -0.39 is 10.0 Å². The van der Waals surface area contributed by atoms with E-state index in [0.29, 0.717) is 5.82 Å². The Hall–Kier alpha value is -1.92. The van der Waals surface area contributed by atoms with E-state index in [1.165, 1.54) is 10.5 Å². The van der Waals surface area contributed by atoms with Crippen molar-refractivity contribution in [1.29, 1.82) is 0 Å². The summed E-state index contributed by atoms with van der Waals surface area (Å²) in [5.74, 6) is 0.615. The zero-order valence-corrected chi connectivity index (χ0v) is 15.6. The molecule has 0 radical (unpaired) electrons. The SMILES string of the molecule is Cc1ccccc1Nc1ccc(S(=O)(=O)N(C(C)C)C(C)C)cn1. The fourth-order valence-electron chi connectivity index (χ4n) is 2.73.